The van der Waals surface area contributed by atoms with E-state index in [1.54, 1.807) is 6.92 Å². The van der Waals surface area contributed by atoms with Crippen LogP contribution < -0.4 is 0 Å². The van der Waals surface area contributed by atoms with Crippen molar-refractivity contribution < 1.29 is 9.90 Å². The Hall–Kier alpha value is -0.890. The first-order valence-electron chi connectivity index (χ1n) is 2.79. The molecular formula is C7H8O2. The lowest BCUT2D eigenvalue weighted by atomic mass is 10.1. The Labute approximate surface area is 53.5 Å². The van der Waals surface area contributed by atoms with E-state index in [1.165, 1.54) is 18.2 Å². The lowest BCUT2D eigenvalue weighted by molar-refractivity contribution is -0.111. The molecule has 0 aromatic carbocycles. The van der Waals surface area contributed by atoms with Crippen LogP contribution in [0.4, 0.5) is 0 Å². The molecule has 0 amide bonds. The Kier molecular flexibility index (Phi) is 1.49. The van der Waals surface area contributed by atoms with Crippen LogP contribution in [0, 0.1) is 0 Å². The predicted octanol–water partition coefficient (Wildman–Crippen LogP) is 0.432. The zero-order chi connectivity index (χ0) is 6.85. The van der Waals surface area contributed by atoms with Crippen LogP contribution in [0.1, 0.15) is 6.92 Å². The van der Waals surface area contributed by atoms with Gasteiger partial charge in [-0.1, -0.05) is 0 Å². The van der Waals surface area contributed by atoms with Gasteiger partial charge in [-0.15, -0.1) is 0 Å². The smallest absolute Gasteiger partial charge is 0.181 e. The molecule has 1 aliphatic rings. The van der Waals surface area contributed by atoms with Gasteiger partial charge in [0.15, 0.2) is 5.78 Å². The van der Waals surface area contributed by atoms with Crippen molar-refractivity contribution in [1.29, 1.82) is 0 Å². The molecule has 0 heterocycles. The maximum atomic E-state index is 10.7. The molecule has 1 unspecified atom stereocenters. The second kappa shape index (κ2) is 2.15. The lowest BCUT2D eigenvalue weighted by Gasteiger charge is -2.04. The number of carbonyl (C=O) groups excluding carboxylic acids is 1. The van der Waals surface area contributed by atoms with Gasteiger partial charge in [-0.05, 0) is 30.7 Å². The van der Waals surface area contributed by atoms with Crippen molar-refractivity contribution in [3.63, 3.8) is 0 Å². The van der Waals surface area contributed by atoms with Gasteiger partial charge in [-0.3, -0.25) is 4.79 Å². The van der Waals surface area contributed by atoms with E-state index >= 15 is 0 Å². The van der Waals surface area contributed by atoms with Gasteiger partial charge in [0.05, 0.1) is 6.10 Å². The van der Waals surface area contributed by atoms with E-state index in [9.17, 15) is 4.79 Å². The maximum Gasteiger partial charge on any atom is 0.181 e. The number of aliphatic hydroxyl groups is 1. The van der Waals surface area contributed by atoms with Gasteiger partial charge < -0.3 is 5.11 Å². The first kappa shape index (κ1) is 6.23. The molecule has 0 fully saturated rings. The van der Waals surface area contributed by atoms with Crippen LogP contribution in [0.5, 0.6) is 0 Å². The Morgan fingerprint density at radius 1 is 1.67 bits per heavy atom. The van der Waals surface area contributed by atoms with Gasteiger partial charge in [0.25, 0.3) is 0 Å². The molecule has 1 N–H and O–H groups in total. The number of aliphatic hydroxyl groups excluding tert-OH is 1. The van der Waals surface area contributed by atoms with Gasteiger partial charge in [0.2, 0.25) is 0 Å². The van der Waals surface area contributed by atoms with Crippen molar-refractivity contribution in [2.45, 2.75) is 13.0 Å². The quantitative estimate of drug-likeness (QED) is 0.508. The fourth-order valence-electron chi connectivity index (χ4n) is 0.711. The number of rotatable bonds is 0. The van der Waals surface area contributed by atoms with Gasteiger partial charge in [0, 0.05) is 0 Å². The number of ketones is 1. The maximum absolute atomic E-state index is 10.7. The summed E-state index contributed by atoms with van der Waals surface area (Å²) < 4.78 is 0. The lowest BCUT2D eigenvalue weighted by Crippen LogP contribution is -2.08. The Bertz CT molecular complexity index is 189. The summed E-state index contributed by atoms with van der Waals surface area (Å²) in [7, 11) is 0. The van der Waals surface area contributed by atoms with Gasteiger partial charge in [-0.2, -0.15) is 0 Å². The molecule has 0 bridgehead atoms. The molecule has 1 rings (SSSR count). The first-order valence-corrected chi connectivity index (χ1v) is 2.79. The number of carbonyl (C=O) groups is 1. The van der Waals surface area contributed by atoms with E-state index in [-0.39, 0.29) is 5.78 Å². The van der Waals surface area contributed by atoms with Crippen LogP contribution in [-0.2, 0) is 4.79 Å². The minimum absolute atomic E-state index is 0.0136. The number of allylic oxidation sites excluding steroid dienone is 2. The Morgan fingerprint density at radius 3 is 2.78 bits per heavy atom. The van der Waals surface area contributed by atoms with Crippen molar-refractivity contribution >= 4 is 5.78 Å². The summed E-state index contributed by atoms with van der Waals surface area (Å²) in [6, 6.07) is 0. The highest BCUT2D eigenvalue weighted by Crippen LogP contribution is 2.05. The average Bonchev–Trinajstić information content (AvgIpc) is 1.80. The molecule has 0 aromatic rings. The van der Waals surface area contributed by atoms with E-state index in [0.717, 1.165) is 0 Å². The summed E-state index contributed by atoms with van der Waals surface area (Å²) >= 11 is 0. The topological polar surface area (TPSA) is 37.3 Å². The van der Waals surface area contributed by atoms with Crippen LogP contribution in [0.25, 0.3) is 0 Å². The van der Waals surface area contributed by atoms with Crippen molar-refractivity contribution in [3.05, 3.63) is 23.8 Å². The fourth-order valence-corrected chi connectivity index (χ4v) is 0.711. The number of hydrogen-bond donors (Lipinski definition) is 1. The molecule has 0 spiro atoms. The van der Waals surface area contributed by atoms with Crippen LogP contribution in [0.2, 0.25) is 0 Å². The number of hydrogen-bond acceptors (Lipinski definition) is 2. The summed E-state index contributed by atoms with van der Waals surface area (Å²) in [6.45, 7) is 1.69. The van der Waals surface area contributed by atoms with E-state index in [2.05, 4.69) is 0 Å². The van der Waals surface area contributed by atoms with Crippen LogP contribution >= 0.6 is 0 Å². The molecule has 1 atom stereocenters. The van der Waals surface area contributed by atoms with Crippen molar-refractivity contribution in [1.82, 2.24) is 0 Å². The molecule has 2 heteroatoms. The molecule has 1 aliphatic carbocycles. The summed E-state index contributed by atoms with van der Waals surface area (Å²) in [5, 5.41) is 8.88. The molecule has 0 saturated carbocycles. The molecule has 9 heavy (non-hydrogen) atoms. The SMILES string of the molecule is CC1=CC(O)C=CC1=O. The monoisotopic (exact) mass is 124 g/mol. The zero-order valence-electron chi connectivity index (χ0n) is 5.16. The van der Waals surface area contributed by atoms with Gasteiger partial charge >= 0.3 is 0 Å². The van der Waals surface area contributed by atoms with Crippen LogP contribution in [-0.4, -0.2) is 17.0 Å². The van der Waals surface area contributed by atoms with E-state index in [1.807, 2.05) is 0 Å². The third-order valence-electron chi connectivity index (χ3n) is 1.25. The molecule has 0 aromatic heterocycles. The summed E-state index contributed by atoms with van der Waals surface area (Å²) in [6.07, 6.45) is 3.82. The van der Waals surface area contributed by atoms with Gasteiger partial charge in [-0.25, -0.2) is 0 Å². The fraction of sp³-hybridized carbons (Fsp3) is 0.286. The molecule has 48 valence electrons. The highest BCUT2D eigenvalue weighted by molar-refractivity contribution is 6.04. The predicted molar refractivity (Wildman–Crippen MR) is 33.9 cm³/mol. The summed E-state index contributed by atoms with van der Waals surface area (Å²) in [5.41, 5.74) is 0.616. The molecule has 0 saturated heterocycles. The minimum atomic E-state index is -0.567. The van der Waals surface area contributed by atoms with Crippen LogP contribution in [0.3, 0.4) is 0 Å². The standard InChI is InChI=1S/C7H8O2/c1-5-4-6(8)2-3-7(5)9/h2-4,6,8H,1H3. The second-order valence-electron chi connectivity index (χ2n) is 2.06. The Balaban J connectivity index is 2.82. The third-order valence-corrected chi connectivity index (χ3v) is 1.25. The average molecular weight is 124 g/mol. The molecule has 0 aliphatic heterocycles. The van der Waals surface area contributed by atoms with Crippen LogP contribution in [0.15, 0.2) is 23.8 Å². The molecule has 2 nitrogen and oxygen atoms in total. The summed E-state index contributed by atoms with van der Waals surface area (Å²) in [5.74, 6) is -0.0136. The van der Waals surface area contributed by atoms with E-state index < -0.39 is 6.10 Å². The van der Waals surface area contributed by atoms with Crippen molar-refractivity contribution in [2.24, 2.45) is 0 Å². The normalized spacial score (nSPS) is 26.2. The largest absolute Gasteiger partial charge is 0.385 e. The Morgan fingerprint density at radius 2 is 2.33 bits per heavy atom. The van der Waals surface area contributed by atoms with Crippen molar-refractivity contribution in [2.75, 3.05) is 0 Å². The third kappa shape index (κ3) is 1.27. The first-order chi connectivity index (χ1) is 4.20. The zero-order valence-corrected chi connectivity index (χ0v) is 5.16. The highest BCUT2D eigenvalue weighted by Gasteiger charge is 2.07. The van der Waals surface area contributed by atoms with Gasteiger partial charge in [0.1, 0.15) is 0 Å². The molecular weight excluding hydrogens is 116 g/mol. The van der Waals surface area contributed by atoms with Crippen molar-refractivity contribution in [3.8, 4) is 0 Å². The van der Waals surface area contributed by atoms with E-state index in [0.29, 0.717) is 5.57 Å². The summed E-state index contributed by atoms with van der Waals surface area (Å²) in [4.78, 5) is 10.7. The molecule has 0 radical (unpaired) electrons. The second-order valence-corrected chi connectivity index (χ2v) is 2.06. The highest BCUT2D eigenvalue weighted by atomic mass is 16.3. The van der Waals surface area contributed by atoms with E-state index in [4.69, 9.17) is 5.11 Å². The minimum Gasteiger partial charge on any atom is -0.385 e.